The van der Waals surface area contributed by atoms with Gasteiger partial charge in [-0.1, -0.05) is 43.2 Å². The molecule has 5 nitrogen and oxygen atoms in total. The third kappa shape index (κ3) is 8.25. The number of likely N-dealkylation sites (tertiary alicyclic amines) is 1. The van der Waals surface area contributed by atoms with Gasteiger partial charge in [0.05, 0.1) is 6.10 Å². The lowest BCUT2D eigenvalue weighted by molar-refractivity contribution is 0.00534. The van der Waals surface area contributed by atoms with Crippen molar-refractivity contribution in [3.63, 3.8) is 0 Å². The Kier molecular flexibility index (Phi) is 11.2. The van der Waals surface area contributed by atoms with E-state index in [0.717, 1.165) is 58.0 Å². The van der Waals surface area contributed by atoms with Crippen molar-refractivity contribution in [1.82, 2.24) is 15.5 Å². The highest BCUT2D eigenvalue weighted by Crippen LogP contribution is 2.18. The lowest BCUT2D eigenvalue weighted by atomic mass is 10.1. The fourth-order valence-corrected chi connectivity index (χ4v) is 4.06. The summed E-state index contributed by atoms with van der Waals surface area (Å²) in [6.45, 7) is 5.08. The van der Waals surface area contributed by atoms with Crippen LogP contribution in [0, 0.1) is 0 Å². The first-order valence-electron chi connectivity index (χ1n) is 10.7. The molecule has 158 valence electrons. The molecule has 1 aliphatic heterocycles. The minimum Gasteiger partial charge on any atom is -0.378 e. The molecule has 0 atom stereocenters. The topological polar surface area (TPSA) is 48.9 Å². The van der Waals surface area contributed by atoms with E-state index in [2.05, 4.69) is 50.9 Å². The van der Waals surface area contributed by atoms with Crippen molar-refractivity contribution in [2.24, 2.45) is 4.99 Å². The van der Waals surface area contributed by atoms with Crippen molar-refractivity contribution in [2.45, 2.75) is 63.6 Å². The summed E-state index contributed by atoms with van der Waals surface area (Å²) in [5.74, 6) is 0.941. The summed E-state index contributed by atoms with van der Waals surface area (Å²) in [7, 11) is 1.85. The minimum atomic E-state index is 0. The van der Waals surface area contributed by atoms with E-state index in [9.17, 15) is 0 Å². The molecule has 1 aliphatic carbocycles. The highest BCUT2D eigenvalue weighted by Gasteiger charge is 2.19. The summed E-state index contributed by atoms with van der Waals surface area (Å²) >= 11 is 0. The van der Waals surface area contributed by atoms with Crippen molar-refractivity contribution in [1.29, 1.82) is 0 Å². The molecular formula is C22H37IN4O. The first-order chi connectivity index (χ1) is 13.3. The Labute approximate surface area is 187 Å². The van der Waals surface area contributed by atoms with Crippen LogP contribution in [0.1, 0.15) is 50.5 Å². The zero-order chi connectivity index (χ0) is 18.7. The molecule has 28 heavy (non-hydrogen) atoms. The van der Waals surface area contributed by atoms with Crippen LogP contribution >= 0.6 is 24.0 Å². The molecule has 0 spiro atoms. The summed E-state index contributed by atoms with van der Waals surface area (Å²) in [5.41, 5.74) is 1.41. The molecule has 1 heterocycles. The number of ether oxygens (including phenoxy) is 1. The van der Waals surface area contributed by atoms with Crippen LogP contribution in [-0.2, 0) is 11.3 Å². The number of hydrogen-bond acceptors (Lipinski definition) is 3. The number of benzene rings is 1. The monoisotopic (exact) mass is 500 g/mol. The predicted octanol–water partition coefficient (Wildman–Crippen LogP) is 3.78. The first-order valence-corrected chi connectivity index (χ1v) is 10.7. The molecule has 1 saturated carbocycles. The summed E-state index contributed by atoms with van der Waals surface area (Å²) in [4.78, 5) is 6.87. The van der Waals surface area contributed by atoms with E-state index >= 15 is 0 Å². The van der Waals surface area contributed by atoms with Crippen LogP contribution in [0.15, 0.2) is 35.3 Å². The van der Waals surface area contributed by atoms with Crippen LogP contribution in [0.25, 0.3) is 0 Å². The Morgan fingerprint density at radius 3 is 2.50 bits per heavy atom. The predicted molar refractivity (Wildman–Crippen MR) is 127 cm³/mol. The number of rotatable bonds is 8. The second kappa shape index (κ2) is 13.4. The van der Waals surface area contributed by atoms with E-state index in [1.54, 1.807) is 0 Å². The normalized spacial score (nSPS) is 19.4. The van der Waals surface area contributed by atoms with Gasteiger partial charge in [-0.3, -0.25) is 9.89 Å². The van der Waals surface area contributed by atoms with E-state index in [1.807, 2.05) is 7.05 Å². The highest BCUT2D eigenvalue weighted by atomic mass is 127. The Morgan fingerprint density at radius 2 is 1.82 bits per heavy atom. The number of nitrogens with one attached hydrogen (secondary N) is 2. The molecule has 6 heteroatoms. The van der Waals surface area contributed by atoms with Gasteiger partial charge in [0.2, 0.25) is 0 Å². The summed E-state index contributed by atoms with van der Waals surface area (Å²) < 4.78 is 6.10. The molecule has 1 aromatic rings. The van der Waals surface area contributed by atoms with Crippen molar-refractivity contribution in [3.8, 4) is 0 Å². The van der Waals surface area contributed by atoms with Crippen LogP contribution < -0.4 is 10.6 Å². The minimum absolute atomic E-state index is 0. The molecule has 0 radical (unpaired) electrons. The van der Waals surface area contributed by atoms with Crippen molar-refractivity contribution >= 4 is 29.9 Å². The molecule has 3 rings (SSSR count). The maximum Gasteiger partial charge on any atom is 0.191 e. The van der Waals surface area contributed by atoms with Crippen molar-refractivity contribution < 1.29 is 4.74 Å². The summed E-state index contributed by atoms with van der Waals surface area (Å²) in [5, 5.41) is 6.94. The quantitative estimate of drug-likeness (QED) is 0.247. The van der Waals surface area contributed by atoms with E-state index in [-0.39, 0.29) is 24.0 Å². The van der Waals surface area contributed by atoms with Gasteiger partial charge >= 0.3 is 0 Å². The Morgan fingerprint density at radius 1 is 1.11 bits per heavy atom. The van der Waals surface area contributed by atoms with Crippen LogP contribution in [0.3, 0.4) is 0 Å². The maximum atomic E-state index is 6.10. The van der Waals surface area contributed by atoms with Crippen molar-refractivity contribution in [2.75, 3.05) is 33.3 Å². The molecule has 1 aromatic carbocycles. The number of hydrogen-bond donors (Lipinski definition) is 2. The number of halogens is 1. The summed E-state index contributed by atoms with van der Waals surface area (Å²) in [6.07, 6.45) is 8.96. The van der Waals surface area contributed by atoms with E-state index in [1.165, 1.54) is 31.2 Å². The Balaban J connectivity index is 0.00000280. The smallest absolute Gasteiger partial charge is 0.191 e. The van der Waals surface area contributed by atoms with Gasteiger partial charge in [-0.05, 0) is 37.7 Å². The molecule has 2 fully saturated rings. The summed E-state index contributed by atoms with van der Waals surface area (Å²) in [6, 6.07) is 11.4. The van der Waals surface area contributed by atoms with E-state index in [4.69, 9.17) is 4.74 Å². The first kappa shape index (κ1) is 23.4. The largest absolute Gasteiger partial charge is 0.378 e. The number of aliphatic imine (C=N–C) groups is 1. The van der Waals surface area contributed by atoms with Crippen LogP contribution in [-0.4, -0.2) is 56.3 Å². The van der Waals surface area contributed by atoms with Gasteiger partial charge in [0.1, 0.15) is 0 Å². The van der Waals surface area contributed by atoms with Gasteiger partial charge in [0.15, 0.2) is 5.96 Å². The van der Waals surface area contributed by atoms with Crippen LogP contribution in [0.4, 0.5) is 0 Å². The average Bonchev–Trinajstić information content (AvgIpc) is 3.22. The Hall–Kier alpha value is -0.860. The van der Waals surface area contributed by atoms with Crippen LogP contribution in [0.2, 0.25) is 0 Å². The maximum absolute atomic E-state index is 6.10. The number of guanidine groups is 1. The van der Waals surface area contributed by atoms with E-state index < -0.39 is 0 Å². The molecule has 0 unspecified atom stereocenters. The standard InChI is InChI=1S/C22H36N4O.HI/c1-23-22(25-20-10-5-6-11-20)24-14-7-17-27-21-12-15-26(16-13-21)18-19-8-3-2-4-9-19;/h2-4,8-9,20-21H,5-7,10-18H2,1H3,(H2,23,24,25);1H. The third-order valence-electron chi connectivity index (χ3n) is 5.67. The van der Waals surface area contributed by atoms with Gasteiger partial charge < -0.3 is 15.4 Å². The Bertz CT molecular complexity index is 555. The fraction of sp³-hybridized carbons (Fsp3) is 0.682. The van der Waals surface area contributed by atoms with Gasteiger partial charge in [-0.2, -0.15) is 0 Å². The second-order valence-electron chi connectivity index (χ2n) is 7.81. The van der Waals surface area contributed by atoms with Gasteiger partial charge in [0, 0.05) is 45.9 Å². The molecular weight excluding hydrogens is 463 g/mol. The highest BCUT2D eigenvalue weighted by molar-refractivity contribution is 14.0. The molecule has 2 N–H and O–H groups in total. The zero-order valence-corrected chi connectivity index (χ0v) is 19.6. The van der Waals surface area contributed by atoms with Crippen molar-refractivity contribution in [3.05, 3.63) is 35.9 Å². The zero-order valence-electron chi connectivity index (χ0n) is 17.2. The average molecular weight is 500 g/mol. The number of piperidine rings is 1. The van der Waals surface area contributed by atoms with Crippen LogP contribution in [0.5, 0.6) is 0 Å². The lowest BCUT2D eigenvalue weighted by Crippen LogP contribution is -2.42. The van der Waals surface area contributed by atoms with Gasteiger partial charge in [0.25, 0.3) is 0 Å². The second-order valence-corrected chi connectivity index (χ2v) is 7.81. The molecule has 2 aliphatic rings. The van der Waals surface area contributed by atoms with Gasteiger partial charge in [-0.25, -0.2) is 0 Å². The molecule has 1 saturated heterocycles. The molecule has 0 amide bonds. The third-order valence-corrected chi connectivity index (χ3v) is 5.67. The SMILES string of the molecule is CN=C(NCCCOC1CCN(Cc2ccccc2)CC1)NC1CCCC1.I. The van der Waals surface area contributed by atoms with Gasteiger partial charge in [-0.15, -0.1) is 24.0 Å². The molecule has 0 bridgehead atoms. The fourth-order valence-electron chi connectivity index (χ4n) is 4.06. The molecule has 0 aromatic heterocycles. The number of nitrogens with zero attached hydrogens (tertiary/aromatic N) is 2. The van der Waals surface area contributed by atoms with E-state index in [0.29, 0.717) is 12.1 Å². The lowest BCUT2D eigenvalue weighted by Gasteiger charge is -2.32.